The number of aliphatic carboxylic acids is 1. The predicted molar refractivity (Wildman–Crippen MR) is 82.1 cm³/mol. The molecule has 0 radical (unpaired) electrons. The molecule has 0 aliphatic carbocycles. The largest absolute Gasteiger partial charge is 0.480 e. The number of likely N-dealkylation sites (N-methyl/N-ethyl adjacent to an activating group) is 1. The van der Waals surface area contributed by atoms with Gasteiger partial charge < -0.3 is 10.4 Å². The third-order valence-corrected chi connectivity index (χ3v) is 4.06. The average Bonchev–Trinajstić information content (AvgIpc) is 2.85. The van der Waals surface area contributed by atoms with Gasteiger partial charge in [-0.3, -0.25) is 4.79 Å². The molecule has 2 N–H and O–H groups in total. The van der Waals surface area contributed by atoms with Gasteiger partial charge in [0.1, 0.15) is 6.04 Å². The van der Waals surface area contributed by atoms with Gasteiger partial charge >= 0.3 is 5.97 Å². The van der Waals surface area contributed by atoms with E-state index in [-0.39, 0.29) is 5.92 Å². The van der Waals surface area contributed by atoms with Crippen LogP contribution in [0.2, 0.25) is 0 Å². The summed E-state index contributed by atoms with van der Waals surface area (Å²) in [5, 5.41) is 15.2. The second-order valence-electron chi connectivity index (χ2n) is 4.08. The summed E-state index contributed by atoms with van der Waals surface area (Å²) in [6, 6.07) is 7.55. The monoisotopic (exact) mass is 279 g/mol. The Balaban J connectivity index is 0.000000861. The van der Waals surface area contributed by atoms with Crippen molar-refractivity contribution < 1.29 is 9.90 Å². The molecule has 3 nitrogen and oxygen atoms in total. The van der Waals surface area contributed by atoms with Gasteiger partial charge in [0, 0.05) is 10.6 Å². The number of hydrogen-bond donors (Lipinski definition) is 2. The van der Waals surface area contributed by atoms with Gasteiger partial charge in [-0.2, -0.15) is 0 Å². The quantitative estimate of drug-likeness (QED) is 0.897. The van der Waals surface area contributed by atoms with Gasteiger partial charge in [0.15, 0.2) is 0 Å². The lowest BCUT2D eigenvalue weighted by molar-refractivity contribution is -0.139. The molecule has 0 spiro atoms. The van der Waals surface area contributed by atoms with Gasteiger partial charge in [0.05, 0.1) is 0 Å². The lowest BCUT2D eigenvalue weighted by Gasteiger charge is -2.19. The van der Waals surface area contributed by atoms with Crippen LogP contribution < -0.4 is 5.32 Å². The summed E-state index contributed by atoms with van der Waals surface area (Å²) in [6.07, 6.45) is 0. The molecule has 2 unspecified atom stereocenters. The Morgan fingerprint density at radius 2 is 1.95 bits per heavy atom. The van der Waals surface area contributed by atoms with E-state index in [4.69, 9.17) is 5.11 Å². The van der Waals surface area contributed by atoms with Crippen LogP contribution in [0.3, 0.4) is 0 Å². The fraction of sp³-hybridized carbons (Fsp3) is 0.400. The van der Waals surface area contributed by atoms with E-state index in [1.54, 1.807) is 18.4 Å². The second-order valence-corrected chi connectivity index (χ2v) is 4.99. The first-order chi connectivity index (χ1) is 9.15. The lowest BCUT2D eigenvalue weighted by atomic mass is 9.93. The molecule has 0 aliphatic rings. The molecule has 19 heavy (non-hydrogen) atoms. The number of thiophene rings is 1. The zero-order valence-electron chi connectivity index (χ0n) is 11.8. The molecule has 4 heteroatoms. The zero-order valence-corrected chi connectivity index (χ0v) is 12.6. The zero-order chi connectivity index (χ0) is 14.4. The fourth-order valence-corrected chi connectivity index (χ4v) is 3.18. The first-order valence-electron chi connectivity index (χ1n) is 6.51. The average molecular weight is 279 g/mol. The topological polar surface area (TPSA) is 49.3 Å². The molecule has 0 saturated heterocycles. The molecule has 0 saturated carbocycles. The van der Waals surface area contributed by atoms with E-state index in [9.17, 15) is 4.79 Å². The normalized spacial score (nSPS) is 13.5. The van der Waals surface area contributed by atoms with Crippen LogP contribution in [-0.2, 0) is 4.79 Å². The van der Waals surface area contributed by atoms with Gasteiger partial charge in [-0.25, -0.2) is 0 Å². The summed E-state index contributed by atoms with van der Waals surface area (Å²) in [5.41, 5.74) is 1.10. The third-order valence-electron chi connectivity index (χ3n) is 3.08. The highest BCUT2D eigenvalue weighted by molar-refractivity contribution is 7.17. The van der Waals surface area contributed by atoms with E-state index in [0.717, 1.165) is 10.9 Å². The van der Waals surface area contributed by atoms with Gasteiger partial charge in [0.25, 0.3) is 0 Å². The van der Waals surface area contributed by atoms with Crippen molar-refractivity contribution >= 4 is 27.4 Å². The van der Waals surface area contributed by atoms with Crippen LogP contribution in [-0.4, -0.2) is 24.2 Å². The number of hydrogen-bond acceptors (Lipinski definition) is 3. The number of nitrogens with one attached hydrogen (secondary N) is 1. The molecular weight excluding hydrogens is 258 g/mol. The maximum atomic E-state index is 11.1. The number of carboxylic acid groups (broad SMARTS) is 1. The third kappa shape index (κ3) is 3.33. The van der Waals surface area contributed by atoms with Crippen molar-refractivity contribution in [3.63, 3.8) is 0 Å². The van der Waals surface area contributed by atoms with Crippen molar-refractivity contribution in [3.8, 4) is 0 Å². The van der Waals surface area contributed by atoms with Crippen LogP contribution in [0.5, 0.6) is 0 Å². The summed E-state index contributed by atoms with van der Waals surface area (Å²) < 4.78 is 1.20. The molecule has 104 valence electrons. The summed E-state index contributed by atoms with van der Waals surface area (Å²) in [7, 11) is 1.68. The molecular formula is C15H21NO2S. The smallest absolute Gasteiger partial charge is 0.321 e. The molecule has 0 bridgehead atoms. The predicted octanol–water partition coefficient (Wildman–Crippen LogP) is 3.70. The molecule has 1 aromatic carbocycles. The van der Waals surface area contributed by atoms with Crippen molar-refractivity contribution in [1.82, 2.24) is 5.32 Å². The molecule has 0 fully saturated rings. The van der Waals surface area contributed by atoms with Crippen molar-refractivity contribution in [1.29, 1.82) is 0 Å². The van der Waals surface area contributed by atoms with Crippen LogP contribution in [0.25, 0.3) is 10.1 Å². The molecule has 2 rings (SSSR count). The number of rotatable bonds is 4. The Bertz CT molecular complexity index is 536. The lowest BCUT2D eigenvalue weighted by Crippen LogP contribution is -2.38. The maximum absolute atomic E-state index is 11.1. The number of benzene rings is 1. The summed E-state index contributed by atoms with van der Waals surface area (Å²) in [6.45, 7) is 5.95. The first kappa shape index (κ1) is 15.7. The van der Waals surface area contributed by atoms with E-state index < -0.39 is 12.0 Å². The number of carboxylic acids is 1. The SMILES string of the molecule is CC.CNC(C(=O)O)C(C)c1csc2ccccc12. The Hall–Kier alpha value is -1.39. The Morgan fingerprint density at radius 3 is 2.53 bits per heavy atom. The van der Waals surface area contributed by atoms with Crippen molar-refractivity contribution in [3.05, 3.63) is 35.2 Å². The van der Waals surface area contributed by atoms with Crippen LogP contribution in [0, 0.1) is 0 Å². The minimum absolute atomic E-state index is 0.0475. The molecule has 2 aromatic rings. The summed E-state index contributed by atoms with van der Waals surface area (Å²) in [4.78, 5) is 11.1. The highest BCUT2D eigenvalue weighted by Gasteiger charge is 2.25. The highest BCUT2D eigenvalue weighted by Crippen LogP contribution is 2.32. The van der Waals surface area contributed by atoms with E-state index in [1.165, 1.54) is 4.70 Å². The number of carbonyl (C=O) groups is 1. The molecule has 0 aliphatic heterocycles. The minimum atomic E-state index is -0.810. The van der Waals surface area contributed by atoms with Crippen LogP contribution in [0.1, 0.15) is 32.3 Å². The van der Waals surface area contributed by atoms with Crippen LogP contribution in [0.15, 0.2) is 29.6 Å². The fourth-order valence-electron chi connectivity index (χ4n) is 2.12. The second kappa shape index (κ2) is 7.26. The van der Waals surface area contributed by atoms with Crippen LogP contribution >= 0.6 is 11.3 Å². The maximum Gasteiger partial charge on any atom is 0.321 e. The van der Waals surface area contributed by atoms with E-state index in [2.05, 4.69) is 16.8 Å². The molecule has 0 amide bonds. The van der Waals surface area contributed by atoms with Gasteiger partial charge in [0.2, 0.25) is 0 Å². The Labute approximate surface area is 118 Å². The summed E-state index contributed by atoms with van der Waals surface area (Å²) >= 11 is 1.66. The molecule has 1 aromatic heterocycles. The molecule has 1 heterocycles. The van der Waals surface area contributed by atoms with E-state index in [0.29, 0.717) is 0 Å². The molecule has 2 atom stereocenters. The minimum Gasteiger partial charge on any atom is -0.480 e. The van der Waals surface area contributed by atoms with Gasteiger partial charge in [-0.1, -0.05) is 39.0 Å². The van der Waals surface area contributed by atoms with Gasteiger partial charge in [-0.15, -0.1) is 11.3 Å². The van der Waals surface area contributed by atoms with E-state index in [1.807, 2.05) is 39.0 Å². The van der Waals surface area contributed by atoms with Crippen molar-refractivity contribution in [2.45, 2.75) is 32.7 Å². The Kier molecular flexibility index (Phi) is 5.99. The van der Waals surface area contributed by atoms with Crippen molar-refractivity contribution in [2.75, 3.05) is 7.05 Å². The van der Waals surface area contributed by atoms with Crippen molar-refractivity contribution in [2.24, 2.45) is 0 Å². The van der Waals surface area contributed by atoms with Crippen LogP contribution in [0.4, 0.5) is 0 Å². The standard InChI is InChI=1S/C13H15NO2S.C2H6/c1-8(12(14-2)13(15)16)10-7-17-11-6-4-3-5-9(10)11;1-2/h3-8,12,14H,1-2H3,(H,15,16);1-2H3. The summed E-state index contributed by atoms with van der Waals surface area (Å²) in [5.74, 6) is -0.857. The van der Waals surface area contributed by atoms with E-state index >= 15 is 0 Å². The first-order valence-corrected chi connectivity index (χ1v) is 7.39. The highest BCUT2D eigenvalue weighted by atomic mass is 32.1. The van der Waals surface area contributed by atoms with Gasteiger partial charge in [-0.05, 0) is 29.4 Å². The number of fused-ring (bicyclic) bond motifs is 1. The Morgan fingerprint density at radius 1 is 1.32 bits per heavy atom.